The highest BCUT2D eigenvalue weighted by Crippen LogP contribution is 2.44. The van der Waals surface area contributed by atoms with E-state index in [9.17, 15) is 9.59 Å². The van der Waals surface area contributed by atoms with Crippen LogP contribution in [0, 0.1) is 5.41 Å². The van der Waals surface area contributed by atoms with E-state index in [2.05, 4.69) is 6.92 Å². The first kappa shape index (κ1) is 14.7. The van der Waals surface area contributed by atoms with E-state index in [0.717, 1.165) is 43.7 Å². The summed E-state index contributed by atoms with van der Waals surface area (Å²) in [5.74, 6) is 1.40. The van der Waals surface area contributed by atoms with Crippen molar-refractivity contribution in [2.45, 2.75) is 51.5 Å². The van der Waals surface area contributed by atoms with Crippen LogP contribution in [0.15, 0.2) is 0 Å². The summed E-state index contributed by atoms with van der Waals surface area (Å²) in [6.07, 6.45) is 4.48. The molecule has 0 aromatic carbocycles. The van der Waals surface area contributed by atoms with Crippen LogP contribution in [0.1, 0.15) is 45.4 Å². The Balaban J connectivity index is 2.00. The van der Waals surface area contributed by atoms with Crippen LogP contribution in [0.25, 0.3) is 0 Å². The van der Waals surface area contributed by atoms with Gasteiger partial charge in [0, 0.05) is 30.5 Å². The molecular formula is C14H23NO3S. The minimum atomic E-state index is -0.767. The normalized spacial score (nSPS) is 26.4. The summed E-state index contributed by atoms with van der Waals surface area (Å²) < 4.78 is 0. The summed E-state index contributed by atoms with van der Waals surface area (Å²) in [5.41, 5.74) is -0.271. The predicted molar refractivity (Wildman–Crippen MR) is 76.3 cm³/mol. The molecule has 108 valence electrons. The molecule has 4 nitrogen and oxygen atoms in total. The van der Waals surface area contributed by atoms with E-state index in [-0.39, 0.29) is 23.8 Å². The molecule has 1 unspecified atom stereocenters. The van der Waals surface area contributed by atoms with Crippen molar-refractivity contribution >= 4 is 23.6 Å². The smallest absolute Gasteiger partial charge is 0.303 e. The first-order valence-electron chi connectivity index (χ1n) is 7.11. The molecule has 1 N–H and O–H groups in total. The Morgan fingerprint density at radius 3 is 2.58 bits per heavy atom. The highest BCUT2D eigenvalue weighted by molar-refractivity contribution is 7.99. The molecule has 0 spiro atoms. The van der Waals surface area contributed by atoms with Gasteiger partial charge in [-0.15, -0.1) is 0 Å². The molecular weight excluding hydrogens is 262 g/mol. The molecule has 5 heteroatoms. The number of aliphatic carboxylic acids is 1. The third-order valence-corrected chi connectivity index (χ3v) is 5.59. The maximum Gasteiger partial charge on any atom is 0.303 e. The molecule has 1 saturated carbocycles. The van der Waals surface area contributed by atoms with Gasteiger partial charge < -0.3 is 10.0 Å². The number of nitrogens with zero attached hydrogens (tertiary/aromatic N) is 1. The predicted octanol–water partition coefficient (Wildman–Crippen LogP) is 2.38. The number of thioether (sulfide) groups is 1. The Bertz CT molecular complexity index is 353. The highest BCUT2D eigenvalue weighted by Gasteiger charge is 2.39. The van der Waals surface area contributed by atoms with E-state index in [1.54, 1.807) is 0 Å². The Kier molecular flexibility index (Phi) is 4.76. The van der Waals surface area contributed by atoms with Gasteiger partial charge in [0.15, 0.2) is 0 Å². The van der Waals surface area contributed by atoms with Crippen molar-refractivity contribution in [3.05, 3.63) is 0 Å². The zero-order valence-corrected chi connectivity index (χ0v) is 12.4. The van der Waals surface area contributed by atoms with Crippen molar-refractivity contribution in [1.29, 1.82) is 0 Å². The lowest BCUT2D eigenvalue weighted by Gasteiger charge is -2.36. The molecule has 0 aromatic heterocycles. The average Bonchev–Trinajstić information content (AvgIpc) is 2.76. The lowest BCUT2D eigenvalue weighted by molar-refractivity contribution is -0.141. The molecule has 2 fully saturated rings. The van der Waals surface area contributed by atoms with Crippen molar-refractivity contribution in [3.63, 3.8) is 0 Å². The van der Waals surface area contributed by atoms with Gasteiger partial charge >= 0.3 is 5.97 Å². The van der Waals surface area contributed by atoms with Gasteiger partial charge in [0.1, 0.15) is 0 Å². The van der Waals surface area contributed by atoms with Gasteiger partial charge in [0.05, 0.1) is 6.42 Å². The van der Waals surface area contributed by atoms with Crippen LogP contribution < -0.4 is 0 Å². The quantitative estimate of drug-likeness (QED) is 0.861. The van der Waals surface area contributed by atoms with Crippen LogP contribution >= 0.6 is 11.8 Å². The number of rotatable bonds is 4. The van der Waals surface area contributed by atoms with Gasteiger partial charge in [0.2, 0.25) is 5.91 Å². The summed E-state index contributed by atoms with van der Waals surface area (Å²) >= 11 is 1.89. The second-order valence-electron chi connectivity index (χ2n) is 5.97. The lowest BCUT2D eigenvalue weighted by atomic mass is 9.79. The summed E-state index contributed by atoms with van der Waals surface area (Å²) in [4.78, 5) is 25.5. The molecule has 2 rings (SSSR count). The summed E-state index contributed by atoms with van der Waals surface area (Å²) in [5, 5.41) is 9.09. The number of hydrogen-bond donors (Lipinski definition) is 1. The van der Waals surface area contributed by atoms with Gasteiger partial charge in [-0.2, -0.15) is 11.8 Å². The first-order valence-corrected chi connectivity index (χ1v) is 8.27. The molecule has 0 radical (unpaired) electrons. The molecule has 1 aliphatic carbocycles. The lowest BCUT2D eigenvalue weighted by Crippen LogP contribution is -2.46. The van der Waals surface area contributed by atoms with Crippen LogP contribution in [0.2, 0.25) is 0 Å². The van der Waals surface area contributed by atoms with Crippen molar-refractivity contribution in [1.82, 2.24) is 4.90 Å². The highest BCUT2D eigenvalue weighted by atomic mass is 32.2. The number of carboxylic acids is 1. The van der Waals surface area contributed by atoms with Crippen LogP contribution in [-0.2, 0) is 9.59 Å². The summed E-state index contributed by atoms with van der Waals surface area (Å²) in [6.45, 7) is 2.90. The monoisotopic (exact) mass is 285 g/mol. The van der Waals surface area contributed by atoms with E-state index in [4.69, 9.17) is 5.11 Å². The average molecular weight is 285 g/mol. The largest absolute Gasteiger partial charge is 0.481 e. The molecule has 1 amide bonds. The number of amides is 1. The van der Waals surface area contributed by atoms with Gasteiger partial charge in [0.25, 0.3) is 0 Å². The van der Waals surface area contributed by atoms with Gasteiger partial charge in [-0.05, 0) is 25.2 Å². The summed E-state index contributed by atoms with van der Waals surface area (Å²) in [6, 6.07) is 0.287. The minimum absolute atomic E-state index is 0.149. The number of carbonyl (C=O) groups is 2. The molecule has 1 aliphatic heterocycles. The number of hydrogen-bond acceptors (Lipinski definition) is 3. The SMILES string of the molecule is CC1CSCCN1C(=O)CC1(CC(=O)O)CCCC1. The fraction of sp³-hybridized carbons (Fsp3) is 0.857. The molecule has 0 bridgehead atoms. The molecule has 1 heterocycles. The van der Waals surface area contributed by atoms with Crippen LogP contribution in [0.5, 0.6) is 0 Å². The minimum Gasteiger partial charge on any atom is -0.481 e. The Hall–Kier alpha value is -0.710. The molecule has 1 saturated heterocycles. The number of carbonyl (C=O) groups excluding carboxylic acids is 1. The van der Waals surface area contributed by atoms with Crippen molar-refractivity contribution in [3.8, 4) is 0 Å². The Morgan fingerprint density at radius 2 is 2.00 bits per heavy atom. The second-order valence-corrected chi connectivity index (χ2v) is 7.12. The Labute approximate surface area is 118 Å². The van der Waals surface area contributed by atoms with Crippen molar-refractivity contribution in [2.75, 3.05) is 18.1 Å². The van der Waals surface area contributed by atoms with Gasteiger partial charge in [-0.25, -0.2) is 0 Å². The maximum absolute atomic E-state index is 12.5. The molecule has 19 heavy (non-hydrogen) atoms. The van der Waals surface area contributed by atoms with Crippen LogP contribution in [0.3, 0.4) is 0 Å². The standard InChI is InChI=1S/C14H23NO3S/c1-11-10-19-7-6-15(11)12(16)8-14(9-13(17)18)4-2-3-5-14/h11H,2-10H2,1H3,(H,17,18). The van der Waals surface area contributed by atoms with Crippen molar-refractivity contribution in [2.24, 2.45) is 5.41 Å². The fourth-order valence-corrected chi connectivity index (χ4v) is 4.40. The zero-order chi connectivity index (χ0) is 13.9. The van der Waals surface area contributed by atoms with Crippen LogP contribution in [0.4, 0.5) is 0 Å². The maximum atomic E-state index is 12.5. The summed E-state index contributed by atoms with van der Waals surface area (Å²) in [7, 11) is 0. The third kappa shape index (κ3) is 3.65. The van der Waals surface area contributed by atoms with Crippen LogP contribution in [-0.4, -0.2) is 46.0 Å². The zero-order valence-electron chi connectivity index (χ0n) is 11.6. The molecule has 0 aromatic rings. The molecule has 1 atom stereocenters. The number of carboxylic acid groups (broad SMARTS) is 1. The Morgan fingerprint density at radius 1 is 1.32 bits per heavy atom. The second kappa shape index (κ2) is 6.16. The van der Waals surface area contributed by atoms with E-state index in [0.29, 0.717) is 6.42 Å². The topological polar surface area (TPSA) is 57.6 Å². The third-order valence-electron chi connectivity index (χ3n) is 4.40. The first-order chi connectivity index (χ1) is 9.02. The fourth-order valence-electron chi connectivity index (χ4n) is 3.38. The van der Waals surface area contributed by atoms with E-state index in [1.807, 2.05) is 16.7 Å². The molecule has 2 aliphatic rings. The van der Waals surface area contributed by atoms with E-state index in [1.165, 1.54) is 0 Å². The van der Waals surface area contributed by atoms with E-state index < -0.39 is 5.97 Å². The van der Waals surface area contributed by atoms with Gasteiger partial charge in [-0.3, -0.25) is 9.59 Å². The van der Waals surface area contributed by atoms with E-state index >= 15 is 0 Å². The van der Waals surface area contributed by atoms with Crippen molar-refractivity contribution < 1.29 is 14.7 Å². The van der Waals surface area contributed by atoms with Gasteiger partial charge in [-0.1, -0.05) is 12.8 Å².